The highest BCUT2D eigenvalue weighted by Gasteiger charge is 2.07. The number of benzene rings is 2. The Hall–Kier alpha value is -2.49. The van der Waals surface area contributed by atoms with Crippen molar-refractivity contribution in [1.82, 2.24) is 0 Å². The van der Waals surface area contributed by atoms with E-state index in [0.717, 1.165) is 10.3 Å². The quantitative estimate of drug-likeness (QED) is 0.255. The van der Waals surface area contributed by atoms with Gasteiger partial charge in [-0.3, -0.25) is 5.21 Å². The molecule has 0 aliphatic heterocycles. The Morgan fingerprint density at radius 3 is 2.33 bits per heavy atom. The predicted octanol–water partition coefficient (Wildman–Crippen LogP) is 2.12. The summed E-state index contributed by atoms with van der Waals surface area (Å²) in [5, 5.41) is 28.3. The van der Waals surface area contributed by atoms with Crippen molar-refractivity contribution >= 4 is 6.21 Å². The summed E-state index contributed by atoms with van der Waals surface area (Å²) in [7, 11) is 0. The van der Waals surface area contributed by atoms with Crippen molar-refractivity contribution in [3.8, 4) is 11.5 Å². The molecule has 0 bridgehead atoms. The molecule has 0 saturated carbocycles. The zero-order valence-corrected chi connectivity index (χ0v) is 9.69. The van der Waals surface area contributed by atoms with E-state index in [9.17, 15) is 15.4 Å². The summed E-state index contributed by atoms with van der Waals surface area (Å²) >= 11 is 0. The second-order valence-electron chi connectivity index (χ2n) is 3.96. The molecule has 0 amide bonds. The lowest BCUT2D eigenvalue weighted by Crippen LogP contribution is -2.08. The summed E-state index contributed by atoms with van der Waals surface area (Å²) < 4.78 is 1.03. The molecular weight excluding hydrogens is 230 g/mol. The van der Waals surface area contributed by atoms with Crippen LogP contribution in [0, 0.1) is 0 Å². The van der Waals surface area contributed by atoms with Crippen molar-refractivity contribution in [2.45, 2.75) is 6.54 Å². The average Bonchev–Trinajstić information content (AvgIpc) is 2.35. The van der Waals surface area contributed by atoms with E-state index in [4.69, 9.17) is 0 Å². The van der Waals surface area contributed by atoms with Gasteiger partial charge < -0.3 is 10.2 Å². The molecule has 0 radical (unpaired) electrons. The second-order valence-corrected chi connectivity index (χ2v) is 3.96. The van der Waals surface area contributed by atoms with Gasteiger partial charge in [0.2, 0.25) is 12.8 Å². The van der Waals surface area contributed by atoms with Crippen LogP contribution in [-0.4, -0.2) is 26.4 Å². The second kappa shape index (κ2) is 5.23. The summed E-state index contributed by atoms with van der Waals surface area (Å²) in [5.74, 6) is -0.365. The maximum absolute atomic E-state index is 9.75. The average molecular weight is 244 g/mol. The van der Waals surface area contributed by atoms with Gasteiger partial charge in [-0.05, 0) is 35.1 Å². The minimum absolute atomic E-state index is 0.171. The molecule has 2 aromatic rings. The molecule has 3 N–H and O–H groups in total. The SMILES string of the molecule is Oc1ccc(C[N+](O)=Cc2ccccc2)cc1O. The third kappa shape index (κ3) is 3.01. The van der Waals surface area contributed by atoms with Gasteiger partial charge >= 0.3 is 0 Å². The van der Waals surface area contributed by atoms with E-state index in [0.29, 0.717) is 5.56 Å². The van der Waals surface area contributed by atoms with E-state index in [-0.39, 0.29) is 18.0 Å². The minimum Gasteiger partial charge on any atom is -0.504 e. The minimum atomic E-state index is -0.194. The molecule has 0 aliphatic carbocycles. The van der Waals surface area contributed by atoms with Gasteiger partial charge in [0.1, 0.15) is 0 Å². The molecule has 0 saturated heterocycles. The Balaban J connectivity index is 2.14. The number of rotatable bonds is 3. The highest BCUT2D eigenvalue weighted by molar-refractivity contribution is 5.75. The largest absolute Gasteiger partial charge is 0.504 e. The van der Waals surface area contributed by atoms with Crippen molar-refractivity contribution in [3.05, 3.63) is 59.7 Å². The molecule has 2 rings (SSSR count). The third-order valence-corrected chi connectivity index (χ3v) is 2.48. The highest BCUT2D eigenvalue weighted by Crippen LogP contribution is 2.24. The summed E-state index contributed by atoms with van der Waals surface area (Å²) in [6.07, 6.45) is 1.59. The van der Waals surface area contributed by atoms with Gasteiger partial charge in [-0.2, -0.15) is 0 Å². The molecule has 0 aromatic heterocycles. The van der Waals surface area contributed by atoms with Gasteiger partial charge in [0, 0.05) is 11.1 Å². The normalized spacial score (nSPS) is 11.4. The summed E-state index contributed by atoms with van der Waals surface area (Å²) in [5.41, 5.74) is 1.57. The Labute approximate surface area is 105 Å². The van der Waals surface area contributed by atoms with E-state index in [1.165, 1.54) is 12.1 Å². The molecule has 0 aliphatic rings. The number of phenolic OH excluding ortho intramolecular Hbond substituents is 2. The number of hydrogen-bond acceptors (Lipinski definition) is 3. The van der Waals surface area contributed by atoms with Gasteiger partial charge in [0.25, 0.3) is 0 Å². The lowest BCUT2D eigenvalue weighted by atomic mass is 10.2. The fraction of sp³-hybridized carbons (Fsp3) is 0.0714. The molecule has 0 unspecified atom stereocenters. The van der Waals surface area contributed by atoms with E-state index in [2.05, 4.69) is 0 Å². The maximum atomic E-state index is 9.75. The van der Waals surface area contributed by atoms with Crippen LogP contribution in [0.25, 0.3) is 0 Å². The smallest absolute Gasteiger partial charge is 0.223 e. The predicted molar refractivity (Wildman–Crippen MR) is 67.1 cm³/mol. The Bertz CT molecular complexity index is 565. The van der Waals surface area contributed by atoms with Crippen molar-refractivity contribution < 1.29 is 20.2 Å². The van der Waals surface area contributed by atoms with E-state index in [1.807, 2.05) is 30.3 Å². The topological polar surface area (TPSA) is 63.7 Å². The molecule has 0 fully saturated rings. The highest BCUT2D eigenvalue weighted by atomic mass is 16.5. The maximum Gasteiger partial charge on any atom is 0.223 e. The number of hydroxylamine groups is 1. The molecule has 0 heterocycles. The number of aromatic hydroxyl groups is 2. The first-order valence-corrected chi connectivity index (χ1v) is 5.51. The van der Waals surface area contributed by atoms with Crippen LogP contribution in [-0.2, 0) is 6.54 Å². The van der Waals surface area contributed by atoms with Crippen LogP contribution in [0.1, 0.15) is 11.1 Å². The molecule has 18 heavy (non-hydrogen) atoms. The fourth-order valence-electron chi connectivity index (χ4n) is 1.61. The standard InChI is InChI=1S/C14H13NO3/c16-13-7-6-12(8-14(13)17)10-15(18)9-11-4-2-1-3-5-11/h1-9H,10H2,(H2-,16,17,18)/p+1. The molecule has 92 valence electrons. The lowest BCUT2D eigenvalue weighted by molar-refractivity contribution is -0.783. The fourth-order valence-corrected chi connectivity index (χ4v) is 1.61. The Morgan fingerprint density at radius 2 is 1.67 bits per heavy atom. The van der Waals surface area contributed by atoms with E-state index in [1.54, 1.807) is 12.3 Å². The Kier molecular flexibility index (Phi) is 3.48. The number of hydrogen-bond donors (Lipinski definition) is 3. The molecule has 4 heteroatoms. The van der Waals surface area contributed by atoms with Gasteiger partial charge in [-0.1, -0.05) is 18.2 Å². The Morgan fingerprint density at radius 1 is 0.944 bits per heavy atom. The molecule has 4 nitrogen and oxygen atoms in total. The van der Waals surface area contributed by atoms with Crippen LogP contribution in [0.2, 0.25) is 0 Å². The van der Waals surface area contributed by atoms with Crippen molar-refractivity contribution in [2.24, 2.45) is 0 Å². The zero-order chi connectivity index (χ0) is 13.0. The summed E-state index contributed by atoms with van der Waals surface area (Å²) in [6.45, 7) is 0.225. The van der Waals surface area contributed by atoms with Crippen molar-refractivity contribution in [1.29, 1.82) is 0 Å². The van der Waals surface area contributed by atoms with Gasteiger partial charge in [-0.15, -0.1) is 0 Å². The first kappa shape index (κ1) is 12.0. The monoisotopic (exact) mass is 244 g/mol. The zero-order valence-electron chi connectivity index (χ0n) is 9.69. The van der Waals surface area contributed by atoms with Crippen LogP contribution in [0.15, 0.2) is 48.5 Å². The summed E-state index contributed by atoms with van der Waals surface area (Å²) in [6, 6.07) is 13.8. The van der Waals surface area contributed by atoms with Crippen LogP contribution in [0.5, 0.6) is 11.5 Å². The van der Waals surface area contributed by atoms with E-state index >= 15 is 0 Å². The first-order valence-electron chi connectivity index (χ1n) is 5.51. The van der Waals surface area contributed by atoms with Gasteiger partial charge in [0.15, 0.2) is 11.5 Å². The van der Waals surface area contributed by atoms with Crippen LogP contribution >= 0.6 is 0 Å². The van der Waals surface area contributed by atoms with Crippen LogP contribution < -0.4 is 0 Å². The third-order valence-electron chi connectivity index (χ3n) is 2.48. The van der Waals surface area contributed by atoms with Crippen molar-refractivity contribution in [2.75, 3.05) is 0 Å². The molecule has 0 atom stereocenters. The first-order chi connectivity index (χ1) is 8.65. The molecule has 2 aromatic carbocycles. The van der Waals surface area contributed by atoms with E-state index < -0.39 is 0 Å². The van der Waals surface area contributed by atoms with Gasteiger partial charge in [-0.25, -0.2) is 0 Å². The van der Waals surface area contributed by atoms with Crippen LogP contribution in [0.4, 0.5) is 0 Å². The van der Waals surface area contributed by atoms with Crippen molar-refractivity contribution in [3.63, 3.8) is 0 Å². The number of phenols is 2. The number of nitrogens with zero attached hydrogens (tertiary/aromatic N) is 1. The lowest BCUT2D eigenvalue weighted by Gasteiger charge is -1.99. The molecule has 0 spiro atoms. The van der Waals surface area contributed by atoms with Crippen LogP contribution in [0.3, 0.4) is 0 Å². The summed E-state index contributed by atoms with van der Waals surface area (Å²) in [4.78, 5) is 0. The molecular formula is C14H14NO3+. The van der Waals surface area contributed by atoms with Gasteiger partial charge in [0.05, 0.1) is 0 Å².